The van der Waals surface area contributed by atoms with Crippen LogP contribution in [-0.2, 0) is 4.79 Å². The molecule has 2 aromatic rings. The molecule has 2 amide bonds. The number of carbonyl (C=O) groups is 2. The molecular formula is C21H24N4O3S. The number of nitriles is 1. The molecule has 0 saturated carbocycles. The number of likely N-dealkylation sites (N-methyl/N-ethyl adjacent to an activating group) is 1. The zero-order chi connectivity index (χ0) is 20.8. The molecule has 3 rings (SSSR count). The molecule has 152 valence electrons. The summed E-state index contributed by atoms with van der Waals surface area (Å²) in [7, 11) is 3.25. The van der Waals surface area contributed by atoms with Crippen LogP contribution < -0.4 is 4.74 Å². The molecule has 1 aliphatic heterocycles. The summed E-state index contributed by atoms with van der Waals surface area (Å²) in [5, 5.41) is 11.5. The van der Waals surface area contributed by atoms with Crippen molar-refractivity contribution in [3.8, 4) is 11.8 Å². The van der Waals surface area contributed by atoms with Gasteiger partial charge in [-0.05, 0) is 29.1 Å². The van der Waals surface area contributed by atoms with E-state index in [1.165, 1.54) is 16.2 Å². The van der Waals surface area contributed by atoms with Crippen LogP contribution in [-0.4, -0.2) is 73.4 Å². The summed E-state index contributed by atoms with van der Waals surface area (Å²) in [4.78, 5) is 30.8. The number of hydrogen-bond donors (Lipinski definition) is 0. The first-order valence-corrected chi connectivity index (χ1v) is 10.3. The highest BCUT2D eigenvalue weighted by Gasteiger charge is 2.28. The molecule has 1 unspecified atom stereocenters. The van der Waals surface area contributed by atoms with E-state index >= 15 is 0 Å². The first kappa shape index (κ1) is 20.8. The standard InChI is InChI=1S/C21H24N4O3S/c1-23(21(27)19-4-3-13-29-19)15-20(26)25-11-9-24(10-12-25)18(14-22)16-5-7-17(28-2)8-6-16/h3-8,13,18H,9-12,15H2,1-2H3. The number of rotatable bonds is 6. The molecule has 0 N–H and O–H groups in total. The topological polar surface area (TPSA) is 76.9 Å². The number of ether oxygens (including phenoxy) is 1. The van der Waals surface area contributed by atoms with E-state index in [1.54, 1.807) is 25.1 Å². The average molecular weight is 413 g/mol. The predicted molar refractivity (Wildman–Crippen MR) is 111 cm³/mol. The maximum Gasteiger partial charge on any atom is 0.264 e. The Kier molecular flexibility index (Phi) is 6.86. The van der Waals surface area contributed by atoms with E-state index < -0.39 is 0 Å². The molecule has 0 bridgehead atoms. The smallest absolute Gasteiger partial charge is 0.264 e. The first-order chi connectivity index (χ1) is 14.0. The SMILES string of the molecule is COc1ccc(C(C#N)N2CCN(C(=O)CN(C)C(=O)c3cccs3)CC2)cc1. The fourth-order valence-electron chi connectivity index (χ4n) is 3.35. The second kappa shape index (κ2) is 9.54. The third-order valence-electron chi connectivity index (χ3n) is 5.04. The van der Waals surface area contributed by atoms with Crippen LogP contribution in [0, 0.1) is 11.3 Å². The van der Waals surface area contributed by atoms with E-state index in [4.69, 9.17) is 4.74 Å². The van der Waals surface area contributed by atoms with Crippen LogP contribution in [0.25, 0.3) is 0 Å². The summed E-state index contributed by atoms with van der Waals surface area (Å²) in [6.07, 6.45) is 0. The van der Waals surface area contributed by atoms with Gasteiger partial charge in [0.15, 0.2) is 0 Å². The molecule has 2 heterocycles. The monoisotopic (exact) mass is 412 g/mol. The number of piperazine rings is 1. The number of nitrogens with zero attached hydrogens (tertiary/aromatic N) is 4. The largest absolute Gasteiger partial charge is 0.497 e. The lowest BCUT2D eigenvalue weighted by molar-refractivity contribution is -0.133. The van der Waals surface area contributed by atoms with Gasteiger partial charge >= 0.3 is 0 Å². The second-order valence-corrected chi connectivity index (χ2v) is 7.81. The Morgan fingerprint density at radius 3 is 2.45 bits per heavy atom. The summed E-state index contributed by atoms with van der Waals surface area (Å²) >= 11 is 1.37. The summed E-state index contributed by atoms with van der Waals surface area (Å²) in [5.74, 6) is 0.535. The van der Waals surface area contributed by atoms with Gasteiger partial charge < -0.3 is 14.5 Å². The zero-order valence-corrected chi connectivity index (χ0v) is 17.4. The number of thiophene rings is 1. The van der Waals surface area contributed by atoms with Gasteiger partial charge in [-0.3, -0.25) is 14.5 Å². The highest BCUT2D eigenvalue weighted by Crippen LogP contribution is 2.24. The van der Waals surface area contributed by atoms with E-state index in [2.05, 4.69) is 11.0 Å². The Hall–Kier alpha value is -2.89. The molecule has 1 aromatic heterocycles. The molecule has 8 heteroatoms. The van der Waals surface area contributed by atoms with Crippen molar-refractivity contribution < 1.29 is 14.3 Å². The number of benzene rings is 1. The fraction of sp³-hybridized carbons (Fsp3) is 0.381. The number of methoxy groups -OCH3 is 1. The summed E-state index contributed by atoms with van der Waals surface area (Å²) in [5.41, 5.74) is 0.911. The highest BCUT2D eigenvalue weighted by atomic mass is 32.1. The van der Waals surface area contributed by atoms with E-state index in [1.807, 2.05) is 35.7 Å². The molecule has 0 spiro atoms. The first-order valence-electron chi connectivity index (χ1n) is 9.38. The Morgan fingerprint density at radius 1 is 1.21 bits per heavy atom. The van der Waals surface area contributed by atoms with E-state index in [0.717, 1.165) is 11.3 Å². The average Bonchev–Trinajstić information content (AvgIpc) is 3.29. The van der Waals surface area contributed by atoms with Crippen molar-refractivity contribution in [3.63, 3.8) is 0 Å². The molecule has 1 aromatic carbocycles. The molecular weight excluding hydrogens is 388 g/mol. The number of hydrogen-bond acceptors (Lipinski definition) is 6. The van der Waals surface area contributed by atoms with Gasteiger partial charge in [0.2, 0.25) is 5.91 Å². The van der Waals surface area contributed by atoms with Gasteiger partial charge in [0.1, 0.15) is 11.8 Å². The fourth-order valence-corrected chi connectivity index (χ4v) is 4.06. The molecule has 0 radical (unpaired) electrons. The van der Waals surface area contributed by atoms with Crippen molar-refractivity contribution in [2.75, 3.05) is 46.9 Å². The Morgan fingerprint density at radius 2 is 1.90 bits per heavy atom. The van der Waals surface area contributed by atoms with Crippen molar-refractivity contribution in [1.29, 1.82) is 5.26 Å². The van der Waals surface area contributed by atoms with Crippen LogP contribution >= 0.6 is 11.3 Å². The Balaban J connectivity index is 1.54. The van der Waals surface area contributed by atoms with Crippen LogP contribution in [0.2, 0.25) is 0 Å². The second-order valence-electron chi connectivity index (χ2n) is 6.86. The van der Waals surface area contributed by atoms with E-state index in [9.17, 15) is 14.9 Å². The van der Waals surface area contributed by atoms with Crippen molar-refractivity contribution in [1.82, 2.24) is 14.7 Å². The highest BCUT2D eigenvalue weighted by molar-refractivity contribution is 7.12. The lowest BCUT2D eigenvalue weighted by Crippen LogP contribution is -2.51. The van der Waals surface area contributed by atoms with Crippen molar-refractivity contribution in [3.05, 3.63) is 52.2 Å². The van der Waals surface area contributed by atoms with Gasteiger partial charge in [0.25, 0.3) is 5.91 Å². The summed E-state index contributed by atoms with van der Waals surface area (Å²) in [6, 6.07) is 13.1. The minimum atomic E-state index is -0.360. The third kappa shape index (κ3) is 4.94. The maximum atomic E-state index is 12.6. The number of carbonyl (C=O) groups excluding carboxylic acids is 2. The van der Waals surface area contributed by atoms with E-state index in [-0.39, 0.29) is 24.4 Å². The number of amides is 2. The Labute approximate surface area is 174 Å². The molecule has 7 nitrogen and oxygen atoms in total. The van der Waals surface area contributed by atoms with E-state index in [0.29, 0.717) is 31.1 Å². The minimum absolute atomic E-state index is 0.0525. The summed E-state index contributed by atoms with van der Waals surface area (Å²) in [6.45, 7) is 2.34. The zero-order valence-electron chi connectivity index (χ0n) is 16.6. The van der Waals surface area contributed by atoms with Crippen molar-refractivity contribution in [2.45, 2.75) is 6.04 Å². The minimum Gasteiger partial charge on any atom is -0.497 e. The molecule has 0 aliphatic carbocycles. The maximum absolute atomic E-state index is 12.6. The summed E-state index contributed by atoms with van der Waals surface area (Å²) < 4.78 is 5.17. The van der Waals surface area contributed by atoms with Gasteiger partial charge in [-0.15, -0.1) is 11.3 Å². The molecule has 1 aliphatic rings. The lowest BCUT2D eigenvalue weighted by Gasteiger charge is -2.37. The van der Waals surface area contributed by atoms with Gasteiger partial charge in [-0.2, -0.15) is 5.26 Å². The van der Waals surface area contributed by atoms with Crippen molar-refractivity contribution >= 4 is 23.2 Å². The lowest BCUT2D eigenvalue weighted by atomic mass is 10.1. The molecule has 1 saturated heterocycles. The van der Waals surface area contributed by atoms with Crippen LogP contribution in [0.3, 0.4) is 0 Å². The van der Waals surface area contributed by atoms with Gasteiger partial charge in [-0.25, -0.2) is 0 Å². The normalized spacial score (nSPS) is 15.4. The van der Waals surface area contributed by atoms with Gasteiger partial charge in [-0.1, -0.05) is 18.2 Å². The van der Waals surface area contributed by atoms with Crippen LogP contribution in [0.15, 0.2) is 41.8 Å². The van der Waals surface area contributed by atoms with Crippen molar-refractivity contribution in [2.24, 2.45) is 0 Å². The third-order valence-corrected chi connectivity index (χ3v) is 5.89. The van der Waals surface area contributed by atoms with Crippen LogP contribution in [0.1, 0.15) is 21.3 Å². The predicted octanol–water partition coefficient (Wildman–Crippen LogP) is 2.24. The molecule has 1 atom stereocenters. The molecule has 1 fully saturated rings. The van der Waals surface area contributed by atoms with Crippen LogP contribution in [0.5, 0.6) is 5.75 Å². The van der Waals surface area contributed by atoms with Gasteiger partial charge in [0.05, 0.1) is 24.6 Å². The molecule has 29 heavy (non-hydrogen) atoms. The van der Waals surface area contributed by atoms with Gasteiger partial charge in [0, 0.05) is 33.2 Å². The Bertz CT molecular complexity index is 868. The quantitative estimate of drug-likeness (QED) is 0.727. The van der Waals surface area contributed by atoms with Crippen LogP contribution in [0.4, 0.5) is 0 Å².